The molecule has 0 amide bonds. The lowest BCUT2D eigenvalue weighted by Gasteiger charge is -2.14. The zero-order valence-electron chi connectivity index (χ0n) is 12.2. The average Bonchev–Trinajstić information content (AvgIpc) is 2.43. The Labute approximate surface area is 120 Å². The maximum atomic E-state index is 11.7. The molecule has 0 aliphatic carbocycles. The number of rotatable bonds is 6. The zero-order valence-corrected chi connectivity index (χ0v) is 12.2. The Bertz CT molecular complexity index is 501. The zero-order chi connectivity index (χ0) is 15.0. The Morgan fingerprint density at radius 2 is 2.05 bits per heavy atom. The van der Waals surface area contributed by atoms with Gasteiger partial charge < -0.3 is 9.64 Å². The summed E-state index contributed by atoms with van der Waals surface area (Å²) < 4.78 is 5.05. The van der Waals surface area contributed by atoms with Gasteiger partial charge in [0.05, 0.1) is 6.61 Å². The molecule has 0 unspecified atom stereocenters. The summed E-state index contributed by atoms with van der Waals surface area (Å²) in [5, 5.41) is 9.03. The van der Waals surface area contributed by atoms with E-state index in [4.69, 9.17) is 10.00 Å². The van der Waals surface area contributed by atoms with Crippen molar-refractivity contribution in [2.24, 2.45) is 5.92 Å². The molecule has 0 aliphatic heterocycles. The molecular weight excluding hydrogens is 252 g/mol. The molecule has 4 nitrogen and oxygen atoms in total. The average molecular weight is 272 g/mol. The minimum atomic E-state index is -0.568. The number of benzene rings is 1. The highest BCUT2D eigenvalue weighted by Crippen LogP contribution is 2.06. The van der Waals surface area contributed by atoms with Gasteiger partial charge in [-0.15, -0.1) is 0 Å². The molecule has 0 saturated carbocycles. The lowest BCUT2D eigenvalue weighted by atomic mass is 10.2. The van der Waals surface area contributed by atoms with Gasteiger partial charge in [0, 0.05) is 19.8 Å². The van der Waals surface area contributed by atoms with E-state index in [1.54, 1.807) is 4.90 Å². The number of carbonyl (C=O) groups is 1. The van der Waals surface area contributed by atoms with Gasteiger partial charge in [0.15, 0.2) is 5.57 Å². The van der Waals surface area contributed by atoms with E-state index in [2.05, 4.69) is 0 Å². The van der Waals surface area contributed by atoms with Crippen LogP contribution in [0.15, 0.2) is 42.1 Å². The molecule has 0 fully saturated rings. The van der Waals surface area contributed by atoms with Crippen LogP contribution in [0.2, 0.25) is 0 Å². The van der Waals surface area contributed by atoms with Crippen LogP contribution in [0.4, 0.5) is 0 Å². The summed E-state index contributed by atoms with van der Waals surface area (Å²) in [5.41, 5.74) is 1.13. The fraction of sp³-hybridized carbons (Fsp3) is 0.375. The minimum absolute atomic E-state index is 0.0177. The Hall–Kier alpha value is -2.28. The highest BCUT2D eigenvalue weighted by Gasteiger charge is 2.12. The van der Waals surface area contributed by atoms with Crippen LogP contribution in [0, 0.1) is 17.2 Å². The van der Waals surface area contributed by atoms with E-state index in [1.165, 1.54) is 6.20 Å². The summed E-state index contributed by atoms with van der Waals surface area (Å²) in [5.74, 6) is -0.318. The molecule has 0 bridgehead atoms. The molecule has 106 valence electrons. The monoisotopic (exact) mass is 272 g/mol. The van der Waals surface area contributed by atoms with E-state index >= 15 is 0 Å². The Kier molecular flexibility index (Phi) is 6.31. The molecule has 0 saturated heterocycles. The van der Waals surface area contributed by atoms with Gasteiger partial charge in [-0.05, 0) is 11.5 Å². The van der Waals surface area contributed by atoms with Crippen molar-refractivity contribution >= 4 is 5.97 Å². The number of nitriles is 1. The van der Waals surface area contributed by atoms with E-state index < -0.39 is 5.97 Å². The predicted octanol–water partition coefficient (Wildman–Crippen LogP) is 2.73. The molecule has 0 N–H and O–H groups in total. The first kappa shape index (κ1) is 15.8. The van der Waals surface area contributed by atoms with Crippen molar-refractivity contribution in [2.45, 2.75) is 20.4 Å². The highest BCUT2D eigenvalue weighted by atomic mass is 16.5. The summed E-state index contributed by atoms with van der Waals surface area (Å²) in [6, 6.07) is 11.7. The van der Waals surface area contributed by atoms with Crippen LogP contribution in [0.1, 0.15) is 19.4 Å². The van der Waals surface area contributed by atoms with Crippen LogP contribution in [0.25, 0.3) is 0 Å². The molecule has 0 aliphatic rings. The Morgan fingerprint density at radius 1 is 1.40 bits per heavy atom. The van der Waals surface area contributed by atoms with Crippen molar-refractivity contribution in [2.75, 3.05) is 13.7 Å². The summed E-state index contributed by atoms with van der Waals surface area (Å²) in [6.07, 6.45) is 1.52. The van der Waals surface area contributed by atoms with E-state index in [0.29, 0.717) is 13.2 Å². The van der Waals surface area contributed by atoms with Gasteiger partial charge in [-0.25, -0.2) is 4.79 Å². The van der Waals surface area contributed by atoms with Crippen LogP contribution in [-0.4, -0.2) is 24.5 Å². The third-order valence-corrected chi connectivity index (χ3v) is 2.51. The number of esters is 1. The number of hydrogen-bond acceptors (Lipinski definition) is 4. The van der Waals surface area contributed by atoms with E-state index in [1.807, 2.05) is 57.3 Å². The molecule has 0 radical (unpaired) electrons. The molecule has 1 aromatic rings. The smallest absolute Gasteiger partial charge is 0.350 e. The number of hydrogen-bond donors (Lipinski definition) is 0. The molecule has 0 aromatic heterocycles. The SMILES string of the molecule is CC(C)COC(=O)/C(C#N)=C\N(C)Cc1ccccc1. The first-order valence-corrected chi connectivity index (χ1v) is 6.56. The van der Waals surface area contributed by atoms with Crippen molar-refractivity contribution in [1.82, 2.24) is 4.90 Å². The van der Waals surface area contributed by atoms with Gasteiger partial charge in [-0.3, -0.25) is 0 Å². The second kappa shape index (κ2) is 8.00. The van der Waals surface area contributed by atoms with Gasteiger partial charge in [0.25, 0.3) is 0 Å². The van der Waals surface area contributed by atoms with Gasteiger partial charge in [0.2, 0.25) is 0 Å². The third-order valence-electron chi connectivity index (χ3n) is 2.51. The summed E-state index contributed by atoms with van der Waals surface area (Å²) in [4.78, 5) is 13.5. The van der Waals surface area contributed by atoms with E-state index in [-0.39, 0.29) is 11.5 Å². The van der Waals surface area contributed by atoms with Crippen molar-refractivity contribution in [3.05, 3.63) is 47.7 Å². The van der Waals surface area contributed by atoms with Crippen molar-refractivity contribution in [3.8, 4) is 6.07 Å². The normalized spacial score (nSPS) is 11.1. The minimum Gasteiger partial charge on any atom is -0.461 e. The van der Waals surface area contributed by atoms with Crippen molar-refractivity contribution in [3.63, 3.8) is 0 Å². The lowest BCUT2D eigenvalue weighted by molar-refractivity contribution is -0.139. The van der Waals surface area contributed by atoms with Crippen LogP contribution < -0.4 is 0 Å². The molecule has 0 atom stereocenters. The predicted molar refractivity (Wildman–Crippen MR) is 77.4 cm³/mol. The quantitative estimate of drug-likeness (QED) is 0.454. The summed E-state index contributed by atoms with van der Waals surface area (Å²) in [7, 11) is 1.82. The van der Waals surface area contributed by atoms with Crippen LogP contribution >= 0.6 is 0 Å². The second-order valence-corrected chi connectivity index (χ2v) is 5.05. The molecule has 4 heteroatoms. The van der Waals surface area contributed by atoms with Gasteiger partial charge in [0.1, 0.15) is 6.07 Å². The number of ether oxygens (including phenoxy) is 1. The number of carbonyl (C=O) groups excluding carboxylic acids is 1. The molecule has 0 heterocycles. The highest BCUT2D eigenvalue weighted by molar-refractivity contribution is 5.92. The summed E-state index contributed by atoms with van der Waals surface area (Å²) >= 11 is 0. The lowest BCUT2D eigenvalue weighted by Crippen LogP contribution is -2.16. The maximum absolute atomic E-state index is 11.7. The fourth-order valence-electron chi connectivity index (χ4n) is 1.58. The van der Waals surface area contributed by atoms with Gasteiger partial charge >= 0.3 is 5.97 Å². The Morgan fingerprint density at radius 3 is 2.60 bits per heavy atom. The third kappa shape index (κ3) is 5.57. The fourth-order valence-corrected chi connectivity index (χ4v) is 1.58. The van der Waals surface area contributed by atoms with Crippen LogP contribution in [0.5, 0.6) is 0 Å². The van der Waals surface area contributed by atoms with Crippen LogP contribution in [0.3, 0.4) is 0 Å². The van der Waals surface area contributed by atoms with Gasteiger partial charge in [-0.1, -0.05) is 44.2 Å². The number of nitrogens with zero attached hydrogens (tertiary/aromatic N) is 2. The molecule has 1 aromatic carbocycles. The van der Waals surface area contributed by atoms with Crippen LogP contribution in [-0.2, 0) is 16.1 Å². The second-order valence-electron chi connectivity index (χ2n) is 5.05. The van der Waals surface area contributed by atoms with Crippen molar-refractivity contribution in [1.29, 1.82) is 5.26 Å². The largest absolute Gasteiger partial charge is 0.461 e. The summed E-state index contributed by atoms with van der Waals surface area (Å²) in [6.45, 7) is 4.85. The molecular formula is C16H20N2O2. The van der Waals surface area contributed by atoms with Crippen molar-refractivity contribution < 1.29 is 9.53 Å². The first-order valence-electron chi connectivity index (χ1n) is 6.56. The van der Waals surface area contributed by atoms with E-state index in [9.17, 15) is 4.79 Å². The topological polar surface area (TPSA) is 53.3 Å². The first-order chi connectivity index (χ1) is 9.52. The molecule has 20 heavy (non-hydrogen) atoms. The standard InChI is InChI=1S/C16H20N2O2/c1-13(2)12-20-16(19)15(9-17)11-18(3)10-14-7-5-4-6-8-14/h4-8,11,13H,10,12H2,1-3H3/b15-11-. The van der Waals surface area contributed by atoms with Gasteiger partial charge in [-0.2, -0.15) is 5.26 Å². The van der Waals surface area contributed by atoms with E-state index in [0.717, 1.165) is 5.56 Å². The molecule has 1 rings (SSSR count). The molecule has 0 spiro atoms. The Balaban J connectivity index is 2.64. The maximum Gasteiger partial charge on any atom is 0.350 e.